The molecule has 0 unspecified atom stereocenters. The van der Waals surface area contributed by atoms with Gasteiger partial charge < -0.3 is 20.3 Å². The van der Waals surface area contributed by atoms with Crippen LogP contribution in [0.2, 0.25) is 0 Å². The number of nitrogens with zero attached hydrogens (tertiary/aromatic N) is 5. The molecule has 1 fully saturated rings. The van der Waals surface area contributed by atoms with E-state index in [1.54, 1.807) is 0 Å². The summed E-state index contributed by atoms with van der Waals surface area (Å²) in [6.45, 7) is -2.49. The van der Waals surface area contributed by atoms with Crippen LogP contribution < -0.4 is 10.9 Å². The number of benzene rings is 1. The highest BCUT2D eigenvalue weighted by Crippen LogP contribution is 2.59. The van der Waals surface area contributed by atoms with Gasteiger partial charge in [0.1, 0.15) is 23.6 Å². The molecule has 5 N–H and O–H groups in total. The number of likely N-dealkylation sites (tertiary alicyclic amines) is 1. The molecule has 1 amide bonds. The van der Waals surface area contributed by atoms with Crippen molar-refractivity contribution < 1.29 is 36.6 Å². The summed E-state index contributed by atoms with van der Waals surface area (Å²) in [5.41, 5.74) is -1.52. The second kappa shape index (κ2) is 9.66. The van der Waals surface area contributed by atoms with Crippen LogP contribution in [0.25, 0.3) is 10.9 Å². The molecule has 1 aromatic carbocycles. The first-order chi connectivity index (χ1) is 18.8. The van der Waals surface area contributed by atoms with Crippen molar-refractivity contribution in [1.82, 2.24) is 24.0 Å². The average Bonchev–Trinajstić information content (AvgIpc) is 3.34. The van der Waals surface area contributed by atoms with Crippen LogP contribution in [0.15, 0.2) is 40.2 Å². The van der Waals surface area contributed by atoms with Gasteiger partial charge in [0.2, 0.25) is 0 Å². The standard InChI is InChI=1S/C23H23F4N7O5S/c24-17-11-32(21(36)37)8-5-22(17,4-6-28)34-15-3-7-29-20(35)18(15)19(31-34)30-14-1-2-16-13(9-14)10-33(40(16,38)39)12-23(25,26)27/h1-3,7,9,17,38-39H,4-5,8,10-12H2,(H,29,35)(H,30,31)(H,36,37)/t17-,22+/m1/s1. The highest BCUT2D eigenvalue weighted by molar-refractivity contribution is 8.22. The van der Waals surface area contributed by atoms with Crippen molar-refractivity contribution >= 4 is 39.3 Å². The number of hydrogen-bond acceptors (Lipinski definition) is 8. The molecule has 2 atom stereocenters. The lowest BCUT2D eigenvalue weighted by molar-refractivity contribution is -0.137. The summed E-state index contributed by atoms with van der Waals surface area (Å²) in [5, 5.41) is 26.2. The van der Waals surface area contributed by atoms with Gasteiger partial charge in [0.15, 0.2) is 5.82 Å². The Bertz CT molecular complexity index is 1590. The van der Waals surface area contributed by atoms with Crippen LogP contribution in [-0.4, -0.2) is 76.3 Å². The van der Waals surface area contributed by atoms with Gasteiger partial charge in [-0.15, -0.1) is 10.8 Å². The number of amides is 1. The molecule has 0 spiro atoms. The fourth-order valence-corrected chi connectivity index (χ4v) is 6.87. The van der Waals surface area contributed by atoms with Crippen LogP contribution in [0.4, 0.5) is 33.9 Å². The number of nitriles is 1. The maximum Gasteiger partial charge on any atom is 0.407 e. The van der Waals surface area contributed by atoms with E-state index < -0.39 is 59.9 Å². The van der Waals surface area contributed by atoms with Gasteiger partial charge in [-0.25, -0.2) is 9.18 Å². The van der Waals surface area contributed by atoms with Crippen molar-refractivity contribution in [3.63, 3.8) is 0 Å². The highest BCUT2D eigenvalue weighted by atomic mass is 32.3. The largest absolute Gasteiger partial charge is 0.465 e. The summed E-state index contributed by atoms with van der Waals surface area (Å²) in [7, 11) is -3.86. The number of pyridine rings is 1. The minimum Gasteiger partial charge on any atom is -0.465 e. The number of nitrogens with one attached hydrogen (secondary N) is 2. The van der Waals surface area contributed by atoms with Crippen LogP contribution in [0, 0.1) is 11.3 Å². The van der Waals surface area contributed by atoms with Crippen molar-refractivity contribution in [2.45, 2.75) is 42.2 Å². The number of fused-ring (bicyclic) bond motifs is 2. The van der Waals surface area contributed by atoms with Crippen LogP contribution in [0.3, 0.4) is 0 Å². The predicted octanol–water partition coefficient (Wildman–Crippen LogP) is 4.20. The molecule has 5 rings (SSSR count). The number of halogens is 4. The van der Waals surface area contributed by atoms with Gasteiger partial charge in [0, 0.05) is 25.0 Å². The molecule has 0 radical (unpaired) electrons. The van der Waals surface area contributed by atoms with E-state index in [4.69, 9.17) is 0 Å². The Labute approximate surface area is 224 Å². The van der Waals surface area contributed by atoms with Crippen LogP contribution in [0.5, 0.6) is 0 Å². The number of H-pyrrole nitrogens is 1. The molecule has 12 nitrogen and oxygen atoms in total. The van der Waals surface area contributed by atoms with Gasteiger partial charge in [-0.2, -0.15) is 27.8 Å². The minimum atomic E-state index is -4.66. The van der Waals surface area contributed by atoms with E-state index in [1.165, 1.54) is 35.1 Å². The molecule has 4 heterocycles. The number of anilines is 2. The zero-order chi connectivity index (χ0) is 29.0. The van der Waals surface area contributed by atoms with Gasteiger partial charge in [-0.1, -0.05) is 0 Å². The van der Waals surface area contributed by atoms with Crippen LogP contribution >= 0.6 is 10.8 Å². The van der Waals surface area contributed by atoms with Gasteiger partial charge >= 0.3 is 12.3 Å². The number of alkyl halides is 4. The summed E-state index contributed by atoms with van der Waals surface area (Å²) in [6, 6.07) is 7.45. The lowest BCUT2D eigenvalue weighted by Gasteiger charge is -2.42. The molecular weight excluding hydrogens is 562 g/mol. The van der Waals surface area contributed by atoms with E-state index in [0.717, 1.165) is 4.90 Å². The Morgan fingerprint density at radius 1 is 1.32 bits per heavy atom. The van der Waals surface area contributed by atoms with E-state index in [-0.39, 0.29) is 52.3 Å². The van der Waals surface area contributed by atoms with Crippen LogP contribution in [-0.2, 0) is 12.1 Å². The fourth-order valence-electron chi connectivity index (χ4n) is 5.22. The molecule has 1 saturated heterocycles. The van der Waals surface area contributed by atoms with E-state index in [9.17, 15) is 42.2 Å². The molecule has 214 valence electrons. The molecule has 17 heteroatoms. The number of aromatic nitrogens is 3. The smallest absolute Gasteiger partial charge is 0.407 e. The molecule has 0 saturated carbocycles. The summed E-state index contributed by atoms with van der Waals surface area (Å²) >= 11 is 0. The van der Waals surface area contributed by atoms with Gasteiger partial charge in [0.25, 0.3) is 5.56 Å². The second-order valence-electron chi connectivity index (χ2n) is 9.59. The molecule has 2 aliphatic heterocycles. The molecule has 3 aromatic rings. The topological polar surface area (TPSA) is 171 Å². The Morgan fingerprint density at radius 2 is 2.08 bits per heavy atom. The zero-order valence-corrected chi connectivity index (χ0v) is 21.3. The summed E-state index contributed by atoms with van der Waals surface area (Å²) in [6.07, 6.45) is -6.94. The van der Waals surface area contributed by atoms with Crippen molar-refractivity contribution in [1.29, 1.82) is 5.26 Å². The first-order valence-electron chi connectivity index (χ1n) is 11.9. The molecule has 2 aromatic heterocycles. The van der Waals surface area contributed by atoms with Crippen molar-refractivity contribution in [2.24, 2.45) is 0 Å². The molecule has 40 heavy (non-hydrogen) atoms. The van der Waals surface area contributed by atoms with Crippen molar-refractivity contribution in [2.75, 3.05) is 25.0 Å². The number of rotatable bonds is 5. The lowest BCUT2D eigenvalue weighted by atomic mass is 9.83. The fraction of sp³-hybridized carbons (Fsp3) is 0.391. The van der Waals surface area contributed by atoms with E-state index in [2.05, 4.69) is 15.4 Å². The normalized spacial score (nSPS) is 23.5. The van der Waals surface area contributed by atoms with Crippen LogP contribution in [0.1, 0.15) is 18.4 Å². The Hall–Kier alpha value is -3.85. The monoisotopic (exact) mass is 585 g/mol. The maximum absolute atomic E-state index is 15.7. The first-order valence-corrected chi connectivity index (χ1v) is 13.4. The van der Waals surface area contributed by atoms with E-state index >= 15 is 4.39 Å². The second-order valence-corrected chi connectivity index (χ2v) is 11.6. The first kappa shape index (κ1) is 27.7. The molecule has 0 aliphatic carbocycles. The number of piperidine rings is 1. The van der Waals surface area contributed by atoms with Gasteiger partial charge in [-0.3, -0.25) is 18.6 Å². The molecule has 0 bridgehead atoms. The maximum atomic E-state index is 15.7. The Morgan fingerprint density at radius 3 is 2.73 bits per heavy atom. The highest BCUT2D eigenvalue weighted by Gasteiger charge is 2.48. The van der Waals surface area contributed by atoms with Gasteiger partial charge in [-0.05, 0) is 36.2 Å². The third-order valence-corrected chi connectivity index (χ3v) is 9.11. The predicted molar refractivity (Wildman–Crippen MR) is 135 cm³/mol. The minimum absolute atomic E-state index is 0.0103. The number of hydrogen-bond donors (Lipinski definition) is 5. The number of carbonyl (C=O) groups is 1. The average molecular weight is 586 g/mol. The lowest BCUT2D eigenvalue weighted by Crippen LogP contribution is -2.56. The summed E-state index contributed by atoms with van der Waals surface area (Å²) < 4.78 is 77.2. The summed E-state index contributed by atoms with van der Waals surface area (Å²) in [4.78, 5) is 27.6. The van der Waals surface area contributed by atoms with E-state index in [1.807, 2.05) is 6.07 Å². The third-order valence-electron chi connectivity index (χ3n) is 7.14. The molecule has 2 aliphatic rings. The number of carboxylic acid groups (broad SMARTS) is 1. The SMILES string of the molecule is N#CC[C@]1(n2nc(Nc3ccc4c(c3)CN(CC(F)(F)F)S4(O)O)c3c(=O)[nH]ccc32)CCN(C(=O)O)C[C@H]1F. The zero-order valence-electron chi connectivity index (χ0n) is 20.5. The molecular formula is C23H23F4N7O5S. The van der Waals surface area contributed by atoms with Crippen molar-refractivity contribution in [3.8, 4) is 6.07 Å². The summed E-state index contributed by atoms with van der Waals surface area (Å²) in [5.74, 6) is -0.0428. The quantitative estimate of drug-likeness (QED) is 0.275. The Balaban J connectivity index is 1.54. The third kappa shape index (κ3) is 4.62. The van der Waals surface area contributed by atoms with Gasteiger partial charge in [0.05, 0.1) is 29.4 Å². The van der Waals surface area contributed by atoms with Crippen molar-refractivity contribution in [3.05, 3.63) is 46.4 Å². The van der Waals surface area contributed by atoms with E-state index in [0.29, 0.717) is 4.31 Å². The Kier molecular flexibility index (Phi) is 6.69. The number of aromatic amines is 1.